The Bertz CT molecular complexity index is 1710. The van der Waals surface area contributed by atoms with Crippen LogP contribution in [-0.4, -0.2) is 45.6 Å². The maximum Gasteiger partial charge on any atom is 0.414 e. The maximum atomic E-state index is 14.9. The summed E-state index contributed by atoms with van der Waals surface area (Å²) in [5, 5.41) is 10.7. The van der Waals surface area contributed by atoms with Crippen molar-refractivity contribution in [2.24, 2.45) is 0 Å². The number of nitrogens with one attached hydrogen (secondary N) is 3. The van der Waals surface area contributed by atoms with Crippen molar-refractivity contribution in [2.75, 3.05) is 18.5 Å². The molecule has 1 aliphatic rings. The lowest BCUT2D eigenvalue weighted by Crippen LogP contribution is -2.28. The van der Waals surface area contributed by atoms with Crippen molar-refractivity contribution >= 4 is 33.8 Å². The largest absolute Gasteiger partial charge is 0.446 e. The van der Waals surface area contributed by atoms with Crippen LogP contribution in [0.5, 0.6) is 0 Å². The molecule has 3 N–H and O–H groups in total. The van der Waals surface area contributed by atoms with E-state index in [9.17, 15) is 14.0 Å². The summed E-state index contributed by atoms with van der Waals surface area (Å²) in [5.41, 5.74) is 3.62. The van der Waals surface area contributed by atoms with Crippen molar-refractivity contribution in [1.82, 2.24) is 20.2 Å². The highest BCUT2D eigenvalue weighted by Gasteiger charge is 2.19. The molecule has 9 nitrogen and oxygen atoms in total. The Balaban J connectivity index is 1.24. The first-order valence-corrected chi connectivity index (χ1v) is 12.3. The van der Waals surface area contributed by atoms with E-state index in [0.717, 1.165) is 10.9 Å². The second kappa shape index (κ2) is 10.1. The molecular weight excluding hydrogens is 489 g/mol. The molecule has 0 atom stereocenters. The summed E-state index contributed by atoms with van der Waals surface area (Å²) in [7, 11) is 0. The van der Waals surface area contributed by atoms with Crippen LogP contribution in [0.2, 0.25) is 0 Å². The van der Waals surface area contributed by atoms with Gasteiger partial charge in [0.1, 0.15) is 11.9 Å². The van der Waals surface area contributed by atoms with Gasteiger partial charge in [0.2, 0.25) is 5.95 Å². The number of aromatic nitrogens is 4. The van der Waals surface area contributed by atoms with Gasteiger partial charge < -0.3 is 14.5 Å². The van der Waals surface area contributed by atoms with Crippen molar-refractivity contribution in [3.05, 3.63) is 88.1 Å². The second-order valence-corrected chi connectivity index (χ2v) is 9.20. The van der Waals surface area contributed by atoms with Gasteiger partial charge in [0, 0.05) is 30.2 Å². The molecule has 6 rings (SSSR count). The number of imidazole rings is 1. The van der Waals surface area contributed by atoms with E-state index in [2.05, 4.69) is 25.5 Å². The van der Waals surface area contributed by atoms with Gasteiger partial charge in [-0.15, -0.1) is 0 Å². The molecule has 5 aromatic rings. The lowest BCUT2D eigenvalue weighted by Gasteiger charge is -2.21. The number of amides is 1. The summed E-state index contributed by atoms with van der Waals surface area (Å²) in [6.07, 6.45) is 0.976. The number of halogens is 1. The minimum Gasteiger partial charge on any atom is -0.446 e. The Morgan fingerprint density at radius 1 is 1.08 bits per heavy atom. The average molecular weight is 514 g/mol. The van der Waals surface area contributed by atoms with Gasteiger partial charge in [-0.1, -0.05) is 30.3 Å². The number of hydrogen-bond donors (Lipinski definition) is 3. The number of rotatable bonds is 5. The maximum absolute atomic E-state index is 14.9. The Morgan fingerprint density at radius 2 is 1.89 bits per heavy atom. The van der Waals surface area contributed by atoms with Crippen LogP contribution >= 0.6 is 0 Å². The predicted octanol–water partition coefficient (Wildman–Crippen LogP) is 4.92. The number of carbonyl (C=O) groups is 1. The first kappa shape index (κ1) is 23.8. The van der Waals surface area contributed by atoms with Crippen LogP contribution in [0.1, 0.15) is 24.1 Å². The molecule has 0 unspecified atom stereocenters. The monoisotopic (exact) mass is 513 g/mol. The molecule has 0 bridgehead atoms. The smallest absolute Gasteiger partial charge is 0.414 e. The quantitative estimate of drug-likeness (QED) is 0.307. The van der Waals surface area contributed by atoms with E-state index in [0.29, 0.717) is 65.7 Å². The lowest BCUT2D eigenvalue weighted by atomic mass is 9.98. The van der Waals surface area contributed by atoms with E-state index in [4.69, 9.17) is 9.47 Å². The third-order valence-corrected chi connectivity index (χ3v) is 6.63. The molecule has 3 heterocycles. The van der Waals surface area contributed by atoms with Gasteiger partial charge in [0.05, 0.1) is 35.3 Å². The summed E-state index contributed by atoms with van der Waals surface area (Å²) >= 11 is 0. The second-order valence-electron chi connectivity index (χ2n) is 9.20. The predicted molar refractivity (Wildman–Crippen MR) is 141 cm³/mol. The molecule has 2 aromatic heterocycles. The zero-order valence-corrected chi connectivity index (χ0v) is 20.3. The van der Waals surface area contributed by atoms with Crippen molar-refractivity contribution in [2.45, 2.75) is 25.4 Å². The van der Waals surface area contributed by atoms with Crippen LogP contribution in [0.3, 0.4) is 0 Å². The number of hydrogen-bond acceptors (Lipinski definition) is 6. The van der Waals surface area contributed by atoms with Crippen LogP contribution in [0, 0.1) is 5.82 Å². The summed E-state index contributed by atoms with van der Waals surface area (Å²) < 4.78 is 25.6. The SMILES string of the molecule is O=C(Nc1nc2ccc(-c3cc(Cc4n[nH]c(=O)c5ccccc45)ccc3F)cc2[nH]1)OC1CCOCC1. The first-order valence-electron chi connectivity index (χ1n) is 12.3. The molecule has 0 saturated carbocycles. The Hall–Kier alpha value is -4.57. The topological polar surface area (TPSA) is 122 Å². The molecule has 1 fully saturated rings. The number of H-pyrrole nitrogens is 2. The number of nitrogens with zero attached hydrogens (tertiary/aromatic N) is 2. The standard InChI is InChI=1S/C28H24FN5O4/c29-22-7-5-16(14-24-19-3-1-2-4-20(19)26(35)34-33-24)13-21(22)17-6-8-23-25(15-17)31-27(30-23)32-28(36)38-18-9-11-37-12-10-18/h1-8,13,15,18H,9-12,14H2,(H,34,35)(H2,30,31,32,36). The number of carbonyl (C=O) groups excluding carboxylic acids is 1. The third kappa shape index (κ3) is 4.85. The van der Waals surface area contributed by atoms with E-state index in [1.165, 1.54) is 6.07 Å². The van der Waals surface area contributed by atoms with Crippen molar-refractivity contribution in [1.29, 1.82) is 0 Å². The summed E-state index contributed by atoms with van der Waals surface area (Å²) in [6.45, 7) is 1.14. The third-order valence-electron chi connectivity index (χ3n) is 6.63. The fourth-order valence-electron chi connectivity index (χ4n) is 4.71. The van der Waals surface area contributed by atoms with E-state index in [-0.39, 0.29) is 23.4 Å². The highest BCUT2D eigenvalue weighted by Crippen LogP contribution is 2.29. The van der Waals surface area contributed by atoms with Crippen LogP contribution in [0.15, 0.2) is 65.5 Å². The van der Waals surface area contributed by atoms with Crippen LogP contribution in [0.4, 0.5) is 15.1 Å². The van der Waals surface area contributed by atoms with Crippen LogP contribution in [0.25, 0.3) is 32.9 Å². The molecule has 1 aliphatic heterocycles. The van der Waals surface area contributed by atoms with Gasteiger partial charge in [-0.25, -0.2) is 19.3 Å². The zero-order chi connectivity index (χ0) is 26.1. The van der Waals surface area contributed by atoms with E-state index in [1.807, 2.05) is 12.1 Å². The van der Waals surface area contributed by atoms with Crippen molar-refractivity contribution < 1.29 is 18.7 Å². The Labute approximate surface area is 216 Å². The Kier molecular flexibility index (Phi) is 6.30. The molecule has 38 heavy (non-hydrogen) atoms. The molecule has 192 valence electrons. The van der Waals surface area contributed by atoms with Gasteiger partial charge in [-0.3, -0.25) is 10.1 Å². The number of benzene rings is 3. The molecule has 0 aliphatic carbocycles. The zero-order valence-electron chi connectivity index (χ0n) is 20.3. The molecule has 3 aromatic carbocycles. The minimum atomic E-state index is -0.585. The average Bonchev–Trinajstić information content (AvgIpc) is 3.33. The van der Waals surface area contributed by atoms with Crippen molar-refractivity contribution in [3.8, 4) is 11.1 Å². The Morgan fingerprint density at radius 3 is 2.74 bits per heavy atom. The molecule has 1 amide bonds. The van der Waals surface area contributed by atoms with Crippen LogP contribution < -0.4 is 10.9 Å². The lowest BCUT2D eigenvalue weighted by molar-refractivity contribution is 0.00588. The fraction of sp³-hybridized carbons (Fsp3) is 0.214. The van der Waals surface area contributed by atoms with E-state index >= 15 is 0 Å². The van der Waals surface area contributed by atoms with Crippen LogP contribution in [-0.2, 0) is 15.9 Å². The number of ether oxygens (including phenoxy) is 2. The number of anilines is 1. The summed E-state index contributed by atoms with van der Waals surface area (Å²) in [5.74, 6) is -0.121. The fourth-order valence-corrected chi connectivity index (χ4v) is 4.71. The van der Waals surface area contributed by atoms with E-state index in [1.54, 1.807) is 42.5 Å². The number of aromatic amines is 2. The molecular formula is C28H24FN5O4. The van der Waals surface area contributed by atoms with Gasteiger partial charge in [-0.2, -0.15) is 5.10 Å². The molecule has 10 heteroatoms. The number of fused-ring (bicyclic) bond motifs is 2. The molecule has 0 radical (unpaired) electrons. The van der Waals surface area contributed by atoms with Crippen molar-refractivity contribution in [3.63, 3.8) is 0 Å². The van der Waals surface area contributed by atoms with Gasteiger partial charge in [0.15, 0.2) is 0 Å². The first-order chi connectivity index (χ1) is 18.5. The van der Waals surface area contributed by atoms with E-state index < -0.39 is 6.09 Å². The minimum absolute atomic E-state index is 0.181. The molecule has 0 spiro atoms. The highest BCUT2D eigenvalue weighted by molar-refractivity contribution is 5.88. The normalized spacial score (nSPS) is 14.1. The molecule has 1 saturated heterocycles. The summed E-state index contributed by atoms with van der Waals surface area (Å²) in [4.78, 5) is 31.8. The summed E-state index contributed by atoms with van der Waals surface area (Å²) in [6, 6.07) is 17.5. The highest BCUT2D eigenvalue weighted by atomic mass is 19.1. The van der Waals surface area contributed by atoms with Gasteiger partial charge >= 0.3 is 6.09 Å². The van der Waals surface area contributed by atoms with Gasteiger partial charge in [-0.05, 0) is 41.5 Å². The van der Waals surface area contributed by atoms with Gasteiger partial charge in [0.25, 0.3) is 5.56 Å².